The first-order valence-electron chi connectivity index (χ1n) is 10.7. The molecular weight excluding hydrogens is 370 g/mol. The summed E-state index contributed by atoms with van der Waals surface area (Å²) >= 11 is 0. The number of morpholine rings is 1. The van der Waals surface area contributed by atoms with E-state index in [1.165, 1.54) is 5.56 Å². The van der Waals surface area contributed by atoms with Crippen molar-refractivity contribution in [2.45, 2.75) is 26.5 Å². The van der Waals surface area contributed by atoms with Crippen LogP contribution in [0.15, 0.2) is 18.2 Å². The summed E-state index contributed by atoms with van der Waals surface area (Å²) in [6.45, 7) is 13.5. The second-order valence-corrected chi connectivity index (χ2v) is 7.63. The van der Waals surface area contributed by atoms with Crippen molar-refractivity contribution in [3.63, 3.8) is 0 Å². The summed E-state index contributed by atoms with van der Waals surface area (Å²) in [6.07, 6.45) is -0.523. The van der Waals surface area contributed by atoms with Gasteiger partial charge in [0.1, 0.15) is 12.7 Å². The standard InChI is InChI=1S/C22H39N3O4/c1-5-24(6-2)17-20(26)18-29-21-8-7-19(15-22(21)27-4)16-23(3)9-10-25-11-13-28-14-12-25/h7-8,15,20,26H,5-6,9-14,16-18H2,1-4H3. The molecule has 29 heavy (non-hydrogen) atoms. The molecule has 1 unspecified atom stereocenters. The van der Waals surface area contributed by atoms with E-state index in [1.54, 1.807) is 7.11 Å². The van der Waals surface area contributed by atoms with Crippen molar-refractivity contribution in [3.05, 3.63) is 23.8 Å². The van der Waals surface area contributed by atoms with Crippen LogP contribution < -0.4 is 9.47 Å². The maximum Gasteiger partial charge on any atom is 0.161 e. The van der Waals surface area contributed by atoms with Gasteiger partial charge in [-0.15, -0.1) is 0 Å². The number of methoxy groups -OCH3 is 1. The number of aliphatic hydroxyl groups excluding tert-OH is 1. The molecule has 0 saturated carbocycles. The smallest absolute Gasteiger partial charge is 0.161 e. The van der Waals surface area contributed by atoms with E-state index >= 15 is 0 Å². The average Bonchev–Trinajstić information content (AvgIpc) is 2.75. The minimum absolute atomic E-state index is 0.256. The van der Waals surface area contributed by atoms with E-state index in [4.69, 9.17) is 14.2 Å². The van der Waals surface area contributed by atoms with Crippen molar-refractivity contribution in [1.29, 1.82) is 0 Å². The second-order valence-electron chi connectivity index (χ2n) is 7.63. The molecular formula is C22H39N3O4. The van der Waals surface area contributed by atoms with Crippen molar-refractivity contribution in [2.75, 3.05) is 79.8 Å². The molecule has 0 aromatic heterocycles. The van der Waals surface area contributed by atoms with Crippen molar-refractivity contribution < 1.29 is 19.3 Å². The highest BCUT2D eigenvalue weighted by Gasteiger charge is 2.14. The van der Waals surface area contributed by atoms with E-state index in [-0.39, 0.29) is 6.61 Å². The van der Waals surface area contributed by atoms with Crippen molar-refractivity contribution in [3.8, 4) is 11.5 Å². The SMILES string of the molecule is CCN(CC)CC(O)COc1ccc(CN(C)CCN2CCOCC2)cc1OC. The highest BCUT2D eigenvalue weighted by Crippen LogP contribution is 2.28. The van der Waals surface area contributed by atoms with Crippen LogP contribution in [-0.4, -0.2) is 106 Å². The first-order valence-corrected chi connectivity index (χ1v) is 10.7. The van der Waals surface area contributed by atoms with Crippen LogP contribution in [-0.2, 0) is 11.3 Å². The Labute approximate surface area is 176 Å². The largest absolute Gasteiger partial charge is 0.493 e. The summed E-state index contributed by atoms with van der Waals surface area (Å²) < 4.78 is 16.8. The summed E-state index contributed by atoms with van der Waals surface area (Å²) in [6, 6.07) is 6.03. The second kappa shape index (κ2) is 13.0. The molecule has 7 nitrogen and oxygen atoms in total. The normalized spacial score (nSPS) is 16.4. The van der Waals surface area contributed by atoms with Crippen LogP contribution in [0.5, 0.6) is 11.5 Å². The minimum atomic E-state index is -0.523. The van der Waals surface area contributed by atoms with Crippen molar-refractivity contribution in [1.82, 2.24) is 14.7 Å². The van der Waals surface area contributed by atoms with E-state index in [2.05, 4.69) is 41.7 Å². The third-order valence-corrected chi connectivity index (χ3v) is 5.38. The van der Waals surface area contributed by atoms with E-state index in [0.29, 0.717) is 18.0 Å². The molecule has 1 aromatic carbocycles. The number of likely N-dealkylation sites (N-methyl/N-ethyl adjacent to an activating group) is 2. The molecule has 0 radical (unpaired) electrons. The molecule has 1 saturated heterocycles. The number of benzene rings is 1. The molecule has 0 amide bonds. The number of aliphatic hydroxyl groups is 1. The van der Waals surface area contributed by atoms with Gasteiger partial charge in [-0.25, -0.2) is 0 Å². The Kier molecular flexibility index (Phi) is 10.7. The summed E-state index contributed by atoms with van der Waals surface area (Å²) in [4.78, 5) is 6.95. The molecule has 1 aliphatic heterocycles. The molecule has 1 fully saturated rings. The van der Waals surface area contributed by atoms with E-state index in [1.807, 2.05) is 12.1 Å². The molecule has 0 bridgehead atoms. The summed E-state index contributed by atoms with van der Waals surface area (Å²) in [5.41, 5.74) is 1.18. The van der Waals surface area contributed by atoms with Gasteiger partial charge in [0.15, 0.2) is 11.5 Å². The topological polar surface area (TPSA) is 57.6 Å². The number of hydrogen-bond acceptors (Lipinski definition) is 7. The molecule has 7 heteroatoms. The quantitative estimate of drug-likeness (QED) is 0.530. The number of nitrogens with zero attached hydrogens (tertiary/aromatic N) is 3. The van der Waals surface area contributed by atoms with Crippen molar-refractivity contribution in [2.24, 2.45) is 0 Å². The molecule has 1 heterocycles. The zero-order chi connectivity index (χ0) is 21.1. The van der Waals surface area contributed by atoms with Gasteiger partial charge >= 0.3 is 0 Å². The summed E-state index contributed by atoms with van der Waals surface area (Å²) in [5.74, 6) is 1.38. The molecule has 1 aliphatic rings. The zero-order valence-electron chi connectivity index (χ0n) is 18.6. The Balaban J connectivity index is 1.82. The van der Waals surface area contributed by atoms with Crippen LogP contribution in [0.3, 0.4) is 0 Å². The van der Waals surface area contributed by atoms with Gasteiger partial charge in [0.25, 0.3) is 0 Å². The van der Waals surface area contributed by atoms with Gasteiger partial charge in [0, 0.05) is 39.3 Å². The maximum atomic E-state index is 10.2. The Bertz CT molecular complexity index is 577. The Morgan fingerprint density at radius 2 is 1.90 bits per heavy atom. The van der Waals surface area contributed by atoms with Gasteiger partial charge in [-0.05, 0) is 37.8 Å². The fourth-order valence-electron chi connectivity index (χ4n) is 3.48. The zero-order valence-corrected chi connectivity index (χ0v) is 18.6. The van der Waals surface area contributed by atoms with Gasteiger partial charge in [-0.2, -0.15) is 0 Å². The van der Waals surface area contributed by atoms with Crippen LogP contribution in [0, 0.1) is 0 Å². The van der Waals surface area contributed by atoms with Gasteiger partial charge in [0.05, 0.1) is 20.3 Å². The monoisotopic (exact) mass is 409 g/mol. The van der Waals surface area contributed by atoms with Crippen molar-refractivity contribution >= 4 is 0 Å². The number of ether oxygens (including phenoxy) is 3. The first kappa shape index (κ1) is 23.9. The van der Waals surface area contributed by atoms with Gasteiger partial charge in [-0.3, -0.25) is 4.90 Å². The Morgan fingerprint density at radius 1 is 1.17 bits per heavy atom. The lowest BCUT2D eigenvalue weighted by molar-refractivity contribution is 0.0342. The Hall–Kier alpha value is -1.38. The van der Waals surface area contributed by atoms with E-state index in [0.717, 1.165) is 59.0 Å². The van der Waals surface area contributed by atoms with Crippen LogP contribution in [0.4, 0.5) is 0 Å². The van der Waals surface area contributed by atoms with Gasteiger partial charge in [-0.1, -0.05) is 19.9 Å². The lowest BCUT2D eigenvalue weighted by Gasteiger charge is -2.28. The minimum Gasteiger partial charge on any atom is -0.493 e. The molecule has 1 atom stereocenters. The highest BCUT2D eigenvalue weighted by atomic mass is 16.5. The molecule has 1 aromatic rings. The number of hydrogen-bond donors (Lipinski definition) is 1. The fraction of sp³-hybridized carbons (Fsp3) is 0.727. The maximum absolute atomic E-state index is 10.2. The predicted octanol–water partition coefficient (Wildman–Crippen LogP) is 1.54. The summed E-state index contributed by atoms with van der Waals surface area (Å²) in [7, 11) is 3.79. The van der Waals surface area contributed by atoms with E-state index < -0.39 is 6.10 Å². The van der Waals surface area contributed by atoms with Crippen LogP contribution in [0.1, 0.15) is 19.4 Å². The van der Waals surface area contributed by atoms with Crippen LogP contribution >= 0.6 is 0 Å². The number of rotatable bonds is 13. The van der Waals surface area contributed by atoms with Gasteiger partial charge in [0.2, 0.25) is 0 Å². The van der Waals surface area contributed by atoms with Crippen LogP contribution in [0.25, 0.3) is 0 Å². The molecule has 2 rings (SSSR count). The fourth-order valence-corrected chi connectivity index (χ4v) is 3.48. The molecule has 166 valence electrons. The molecule has 1 N–H and O–H groups in total. The Morgan fingerprint density at radius 3 is 2.55 bits per heavy atom. The molecule has 0 spiro atoms. The lowest BCUT2D eigenvalue weighted by Crippen LogP contribution is -2.40. The third kappa shape index (κ3) is 8.48. The lowest BCUT2D eigenvalue weighted by atomic mass is 10.2. The van der Waals surface area contributed by atoms with Gasteiger partial charge < -0.3 is 29.1 Å². The first-order chi connectivity index (χ1) is 14.0. The van der Waals surface area contributed by atoms with E-state index in [9.17, 15) is 5.11 Å². The molecule has 0 aliphatic carbocycles. The van der Waals surface area contributed by atoms with Crippen LogP contribution in [0.2, 0.25) is 0 Å². The predicted molar refractivity (Wildman–Crippen MR) is 116 cm³/mol. The summed E-state index contributed by atoms with van der Waals surface area (Å²) in [5, 5.41) is 10.2. The highest BCUT2D eigenvalue weighted by molar-refractivity contribution is 5.43. The third-order valence-electron chi connectivity index (χ3n) is 5.38. The average molecular weight is 410 g/mol.